The summed E-state index contributed by atoms with van der Waals surface area (Å²) in [5, 5.41) is 0. The summed E-state index contributed by atoms with van der Waals surface area (Å²) in [4.78, 5) is 8.71. The Balaban J connectivity index is 2.25. The molecule has 0 radical (unpaired) electrons. The summed E-state index contributed by atoms with van der Waals surface area (Å²) in [6, 6.07) is 13.8. The summed E-state index contributed by atoms with van der Waals surface area (Å²) in [7, 11) is 2.10. The van der Waals surface area contributed by atoms with E-state index in [4.69, 9.17) is 5.73 Å². The lowest BCUT2D eigenvalue weighted by molar-refractivity contribution is 0.810. The predicted octanol–water partition coefficient (Wildman–Crippen LogP) is 1.58. The number of aliphatic imine (C=N–C) groups is 1. The van der Waals surface area contributed by atoms with E-state index in [1.165, 1.54) is 0 Å². The van der Waals surface area contributed by atoms with E-state index in [1.54, 1.807) is 6.20 Å². The van der Waals surface area contributed by atoms with Crippen LogP contribution >= 0.6 is 0 Å². The van der Waals surface area contributed by atoms with Crippen LogP contribution < -0.4 is 5.73 Å². The van der Waals surface area contributed by atoms with Crippen molar-refractivity contribution in [3.63, 3.8) is 0 Å². The molecule has 2 rings (SSSR count). The summed E-state index contributed by atoms with van der Waals surface area (Å²) >= 11 is 0. The number of aromatic nitrogens is 1. The molecule has 0 bridgehead atoms. The molecule has 90 valence electrons. The molecule has 0 amide bonds. The van der Waals surface area contributed by atoms with Gasteiger partial charge >= 0.3 is 0 Å². The monoisotopic (exact) mass is 237 g/mol. The van der Waals surface area contributed by atoms with Crippen LogP contribution in [0, 0.1) is 0 Å². The van der Waals surface area contributed by atoms with Crippen molar-refractivity contribution in [2.24, 2.45) is 10.7 Å². The Morgan fingerprint density at radius 2 is 2.00 bits per heavy atom. The minimum absolute atomic E-state index is 0.0684. The van der Waals surface area contributed by atoms with Crippen molar-refractivity contribution in [3.05, 3.63) is 66.0 Å². The van der Waals surface area contributed by atoms with Crippen molar-refractivity contribution < 1.29 is 0 Å². The van der Waals surface area contributed by atoms with Crippen molar-refractivity contribution in [3.8, 4) is 0 Å². The molecular weight excluding hydrogens is 221 g/mol. The molecular formula is C14H16BN3. The third-order valence-electron chi connectivity index (χ3n) is 2.82. The number of benzene rings is 1. The highest BCUT2D eigenvalue weighted by molar-refractivity contribution is 6.09. The molecule has 0 aliphatic heterocycles. The number of rotatable bonds is 4. The number of amidine groups is 1. The molecule has 3 nitrogen and oxygen atoms in total. The zero-order valence-corrected chi connectivity index (χ0v) is 10.5. The fourth-order valence-electron chi connectivity index (χ4n) is 1.83. The topological polar surface area (TPSA) is 51.3 Å². The van der Waals surface area contributed by atoms with Crippen LogP contribution in [0.4, 0.5) is 0 Å². The lowest BCUT2D eigenvalue weighted by Crippen LogP contribution is -2.15. The molecule has 1 heterocycles. The van der Waals surface area contributed by atoms with Gasteiger partial charge in [-0.15, -0.1) is 0 Å². The van der Waals surface area contributed by atoms with Gasteiger partial charge in [0, 0.05) is 18.0 Å². The first-order valence-corrected chi connectivity index (χ1v) is 6.10. The predicted molar refractivity (Wildman–Crippen MR) is 77.5 cm³/mol. The normalized spacial score (nSPS) is 13.2. The van der Waals surface area contributed by atoms with Crippen molar-refractivity contribution in [1.29, 1.82) is 0 Å². The summed E-state index contributed by atoms with van der Waals surface area (Å²) in [5.41, 5.74) is 8.09. The summed E-state index contributed by atoms with van der Waals surface area (Å²) in [5.74, 6) is 0.575. The molecule has 4 heteroatoms. The molecule has 0 spiro atoms. The van der Waals surface area contributed by atoms with Crippen LogP contribution in [0.2, 0.25) is 6.32 Å². The smallest absolute Gasteiger partial charge is 0.126 e. The third-order valence-corrected chi connectivity index (χ3v) is 2.82. The largest absolute Gasteiger partial charge is 0.383 e. The SMILES string of the molecule is BCC(/N=C(/N)c1ccccc1)c1cccnc1. The molecule has 0 aliphatic carbocycles. The van der Waals surface area contributed by atoms with E-state index in [1.807, 2.05) is 48.7 Å². The van der Waals surface area contributed by atoms with Gasteiger partial charge in [0.1, 0.15) is 13.7 Å². The highest BCUT2D eigenvalue weighted by Gasteiger charge is 2.08. The van der Waals surface area contributed by atoms with Crippen molar-refractivity contribution >= 4 is 13.7 Å². The number of hydrogen-bond donors (Lipinski definition) is 1. The lowest BCUT2D eigenvalue weighted by atomic mass is 9.93. The third kappa shape index (κ3) is 2.97. The van der Waals surface area contributed by atoms with Gasteiger partial charge in [-0.1, -0.05) is 42.7 Å². The van der Waals surface area contributed by atoms with Crippen molar-refractivity contribution in [1.82, 2.24) is 4.98 Å². The first-order valence-electron chi connectivity index (χ1n) is 6.10. The molecule has 0 fully saturated rings. The molecule has 0 aliphatic rings. The molecule has 2 aromatic rings. The van der Waals surface area contributed by atoms with E-state index in [2.05, 4.69) is 17.8 Å². The van der Waals surface area contributed by atoms with Crippen LogP contribution in [0.1, 0.15) is 17.2 Å². The Bertz CT molecular complexity index is 511. The van der Waals surface area contributed by atoms with E-state index in [0.717, 1.165) is 17.4 Å². The highest BCUT2D eigenvalue weighted by atomic mass is 14.9. The molecule has 1 aromatic carbocycles. The maximum atomic E-state index is 6.04. The molecule has 1 atom stereocenters. The summed E-state index contributed by atoms with van der Waals surface area (Å²) in [6.07, 6.45) is 4.51. The highest BCUT2D eigenvalue weighted by Crippen LogP contribution is 2.19. The second-order valence-electron chi connectivity index (χ2n) is 4.09. The van der Waals surface area contributed by atoms with E-state index < -0.39 is 0 Å². The first kappa shape index (κ1) is 12.4. The Morgan fingerprint density at radius 3 is 2.61 bits per heavy atom. The maximum absolute atomic E-state index is 6.04. The molecule has 0 saturated carbocycles. The van der Waals surface area contributed by atoms with Crippen LogP contribution in [0.25, 0.3) is 0 Å². The Kier molecular flexibility index (Phi) is 4.13. The van der Waals surface area contributed by atoms with Crippen LogP contribution in [0.15, 0.2) is 59.9 Å². The van der Waals surface area contributed by atoms with Gasteiger partial charge in [0.15, 0.2) is 0 Å². The molecule has 1 unspecified atom stereocenters. The van der Waals surface area contributed by atoms with Gasteiger partial charge in [-0.3, -0.25) is 9.98 Å². The second-order valence-corrected chi connectivity index (χ2v) is 4.09. The summed E-state index contributed by atoms with van der Waals surface area (Å²) in [6.45, 7) is 0. The minimum Gasteiger partial charge on any atom is -0.383 e. The average Bonchev–Trinajstić information content (AvgIpc) is 2.46. The summed E-state index contributed by atoms with van der Waals surface area (Å²) < 4.78 is 0. The molecule has 0 saturated heterocycles. The lowest BCUT2D eigenvalue weighted by Gasteiger charge is -2.11. The zero-order chi connectivity index (χ0) is 12.8. The minimum atomic E-state index is 0.0684. The Labute approximate surface area is 108 Å². The van der Waals surface area contributed by atoms with Crippen LogP contribution in [0.3, 0.4) is 0 Å². The number of hydrogen-bond acceptors (Lipinski definition) is 2. The standard InChI is InChI=1S/C14H16BN3/c15-9-13(12-7-4-8-17-10-12)18-14(16)11-5-2-1-3-6-11/h1-8,10,13H,9,15H2,(H2,16,18). The fraction of sp³-hybridized carbons (Fsp3) is 0.143. The van der Waals surface area contributed by atoms with Crippen molar-refractivity contribution in [2.75, 3.05) is 0 Å². The van der Waals surface area contributed by atoms with Gasteiger partial charge in [0.25, 0.3) is 0 Å². The maximum Gasteiger partial charge on any atom is 0.126 e. The van der Waals surface area contributed by atoms with E-state index in [-0.39, 0.29) is 6.04 Å². The second kappa shape index (κ2) is 6.01. The van der Waals surface area contributed by atoms with E-state index in [9.17, 15) is 0 Å². The quantitative estimate of drug-likeness (QED) is 0.498. The zero-order valence-electron chi connectivity index (χ0n) is 10.5. The average molecular weight is 237 g/mol. The van der Waals surface area contributed by atoms with E-state index in [0.29, 0.717) is 5.84 Å². The Hall–Kier alpha value is -2.10. The van der Waals surface area contributed by atoms with Crippen LogP contribution in [-0.2, 0) is 0 Å². The van der Waals surface area contributed by atoms with Gasteiger partial charge in [-0.2, -0.15) is 0 Å². The van der Waals surface area contributed by atoms with Gasteiger partial charge in [0.2, 0.25) is 0 Å². The molecule has 18 heavy (non-hydrogen) atoms. The van der Waals surface area contributed by atoms with Crippen LogP contribution in [0.5, 0.6) is 0 Å². The molecule has 1 aromatic heterocycles. The van der Waals surface area contributed by atoms with Gasteiger partial charge in [-0.25, -0.2) is 0 Å². The van der Waals surface area contributed by atoms with Crippen molar-refractivity contribution in [2.45, 2.75) is 12.4 Å². The number of nitrogens with two attached hydrogens (primary N) is 1. The first-order chi connectivity index (χ1) is 8.81. The fourth-order valence-corrected chi connectivity index (χ4v) is 1.83. The van der Waals surface area contributed by atoms with E-state index >= 15 is 0 Å². The van der Waals surface area contributed by atoms with Gasteiger partial charge in [-0.05, 0) is 11.6 Å². The van der Waals surface area contributed by atoms with Gasteiger partial charge in [0.05, 0.1) is 6.04 Å². The van der Waals surface area contributed by atoms with Crippen LogP contribution in [-0.4, -0.2) is 18.7 Å². The number of pyridine rings is 1. The Morgan fingerprint density at radius 1 is 1.22 bits per heavy atom. The number of nitrogens with zero attached hydrogens (tertiary/aromatic N) is 2. The van der Waals surface area contributed by atoms with Gasteiger partial charge < -0.3 is 5.73 Å². The molecule has 2 N–H and O–H groups in total.